The normalized spacial score (nSPS) is 11.8. The summed E-state index contributed by atoms with van der Waals surface area (Å²) in [6, 6.07) is 16.1. The van der Waals surface area contributed by atoms with Crippen LogP contribution in [0.5, 0.6) is 11.5 Å². The van der Waals surface area contributed by atoms with E-state index in [2.05, 4.69) is 25.2 Å². The summed E-state index contributed by atoms with van der Waals surface area (Å²) in [7, 11) is 1.67. The van der Waals surface area contributed by atoms with Crippen molar-refractivity contribution in [2.24, 2.45) is 0 Å². The molecule has 0 aliphatic rings. The van der Waals surface area contributed by atoms with Gasteiger partial charge in [0.25, 0.3) is 0 Å². The summed E-state index contributed by atoms with van der Waals surface area (Å²) in [6.45, 7) is 6.01. The molecule has 0 aromatic heterocycles. The first-order valence-electron chi connectivity index (χ1n) is 8.43. The van der Waals surface area contributed by atoms with Gasteiger partial charge in [-0.3, -0.25) is 0 Å². The molecule has 0 spiro atoms. The molecule has 1 N–H and O–H groups in total. The molecule has 24 heavy (non-hydrogen) atoms. The molecule has 2 aromatic carbocycles. The number of para-hydroxylation sites is 1. The van der Waals surface area contributed by atoms with E-state index < -0.39 is 0 Å². The van der Waals surface area contributed by atoms with Gasteiger partial charge in [0.15, 0.2) is 0 Å². The highest BCUT2D eigenvalue weighted by Gasteiger charge is 2.05. The average molecular weight is 329 g/mol. The quantitative estimate of drug-likeness (QED) is 0.651. The Morgan fingerprint density at radius 2 is 1.88 bits per heavy atom. The number of benzene rings is 2. The summed E-state index contributed by atoms with van der Waals surface area (Å²) >= 11 is 0. The van der Waals surface area contributed by atoms with Gasteiger partial charge in [0.1, 0.15) is 18.1 Å². The van der Waals surface area contributed by atoms with Crippen LogP contribution in [0.4, 0.5) is 5.69 Å². The maximum Gasteiger partial charge on any atom is 0.124 e. The average Bonchev–Trinajstić information content (AvgIpc) is 2.61. The Morgan fingerprint density at radius 1 is 1.04 bits per heavy atom. The molecule has 0 aliphatic carbocycles. The van der Waals surface area contributed by atoms with Crippen LogP contribution in [0.1, 0.15) is 25.8 Å². The van der Waals surface area contributed by atoms with Crippen LogP contribution in [0.25, 0.3) is 0 Å². The highest BCUT2D eigenvalue weighted by Crippen LogP contribution is 2.22. The van der Waals surface area contributed by atoms with Crippen LogP contribution in [0.2, 0.25) is 0 Å². The Kier molecular flexibility index (Phi) is 7.43. The van der Waals surface area contributed by atoms with Crippen LogP contribution in [0.3, 0.4) is 0 Å². The summed E-state index contributed by atoms with van der Waals surface area (Å²) in [5, 5.41) is 3.43. The Hall–Kier alpha value is -2.20. The smallest absolute Gasteiger partial charge is 0.124 e. The highest BCUT2D eigenvalue weighted by molar-refractivity contribution is 5.49. The Bertz CT molecular complexity index is 615. The predicted octanol–water partition coefficient (Wildman–Crippen LogP) is 4.50. The van der Waals surface area contributed by atoms with E-state index in [1.54, 1.807) is 7.11 Å². The summed E-state index contributed by atoms with van der Waals surface area (Å²) in [5.74, 6) is 1.77. The highest BCUT2D eigenvalue weighted by atomic mass is 16.5. The summed E-state index contributed by atoms with van der Waals surface area (Å²) < 4.78 is 16.7. The fourth-order valence-electron chi connectivity index (χ4n) is 2.22. The molecular formula is C20H27NO3. The molecule has 0 saturated carbocycles. The van der Waals surface area contributed by atoms with Crippen molar-refractivity contribution in [3.8, 4) is 11.5 Å². The summed E-state index contributed by atoms with van der Waals surface area (Å²) in [4.78, 5) is 0. The van der Waals surface area contributed by atoms with Crippen molar-refractivity contribution >= 4 is 5.69 Å². The lowest BCUT2D eigenvalue weighted by Gasteiger charge is -2.15. The van der Waals surface area contributed by atoms with E-state index in [1.165, 1.54) is 0 Å². The maximum absolute atomic E-state index is 5.87. The van der Waals surface area contributed by atoms with Gasteiger partial charge < -0.3 is 19.5 Å². The zero-order valence-corrected chi connectivity index (χ0v) is 14.7. The lowest BCUT2D eigenvalue weighted by molar-refractivity contribution is 0.146. The van der Waals surface area contributed by atoms with E-state index >= 15 is 0 Å². The van der Waals surface area contributed by atoms with E-state index in [1.807, 2.05) is 42.5 Å². The standard InChI is InChI=1S/C20H27NO3/c1-4-16(2)24-19-10-7-9-18(14-19)21-15-17-8-5-6-11-20(17)23-13-12-22-3/h5-11,14,16,21H,4,12-13,15H2,1-3H3. The van der Waals surface area contributed by atoms with E-state index in [4.69, 9.17) is 14.2 Å². The monoisotopic (exact) mass is 329 g/mol. The topological polar surface area (TPSA) is 39.7 Å². The predicted molar refractivity (Wildman–Crippen MR) is 98.0 cm³/mol. The first kappa shape index (κ1) is 18.1. The molecule has 0 bridgehead atoms. The minimum Gasteiger partial charge on any atom is -0.491 e. The third-order valence-corrected chi connectivity index (χ3v) is 3.75. The molecule has 0 saturated heterocycles. The first-order chi connectivity index (χ1) is 11.7. The molecular weight excluding hydrogens is 302 g/mol. The van der Waals surface area contributed by atoms with Gasteiger partial charge in [0, 0.05) is 31.0 Å². The zero-order valence-electron chi connectivity index (χ0n) is 14.7. The number of rotatable bonds is 10. The largest absolute Gasteiger partial charge is 0.491 e. The van der Waals surface area contributed by atoms with Gasteiger partial charge in [-0.15, -0.1) is 0 Å². The Morgan fingerprint density at radius 3 is 2.67 bits per heavy atom. The van der Waals surface area contributed by atoms with Gasteiger partial charge in [-0.05, 0) is 31.5 Å². The molecule has 0 fully saturated rings. The number of methoxy groups -OCH3 is 1. The summed E-state index contributed by atoms with van der Waals surface area (Å²) in [5.41, 5.74) is 2.14. The van der Waals surface area contributed by atoms with Gasteiger partial charge in [0.2, 0.25) is 0 Å². The molecule has 0 aliphatic heterocycles. The number of hydrogen-bond acceptors (Lipinski definition) is 4. The van der Waals surface area contributed by atoms with Crippen LogP contribution < -0.4 is 14.8 Å². The first-order valence-corrected chi connectivity index (χ1v) is 8.43. The molecule has 0 radical (unpaired) electrons. The molecule has 0 heterocycles. The lowest BCUT2D eigenvalue weighted by atomic mass is 10.2. The second kappa shape index (κ2) is 9.83. The van der Waals surface area contributed by atoms with Crippen LogP contribution in [0.15, 0.2) is 48.5 Å². The lowest BCUT2D eigenvalue weighted by Crippen LogP contribution is -2.10. The van der Waals surface area contributed by atoms with Gasteiger partial charge in [-0.1, -0.05) is 31.2 Å². The SMILES string of the molecule is CCC(C)Oc1cccc(NCc2ccccc2OCCOC)c1. The van der Waals surface area contributed by atoms with Crippen LogP contribution in [-0.4, -0.2) is 26.4 Å². The number of anilines is 1. The second-order valence-corrected chi connectivity index (χ2v) is 5.67. The molecule has 2 rings (SSSR count). The van der Waals surface area contributed by atoms with Gasteiger partial charge >= 0.3 is 0 Å². The molecule has 2 aromatic rings. The van der Waals surface area contributed by atoms with Crippen molar-refractivity contribution in [3.05, 3.63) is 54.1 Å². The third-order valence-electron chi connectivity index (χ3n) is 3.75. The van der Waals surface area contributed by atoms with Crippen LogP contribution in [0, 0.1) is 0 Å². The van der Waals surface area contributed by atoms with Gasteiger partial charge in [-0.25, -0.2) is 0 Å². The molecule has 4 heteroatoms. The summed E-state index contributed by atoms with van der Waals surface area (Å²) in [6.07, 6.45) is 1.21. The minimum atomic E-state index is 0.218. The van der Waals surface area contributed by atoms with Crippen molar-refractivity contribution in [1.29, 1.82) is 0 Å². The molecule has 130 valence electrons. The number of hydrogen-bond donors (Lipinski definition) is 1. The fourth-order valence-corrected chi connectivity index (χ4v) is 2.22. The van der Waals surface area contributed by atoms with E-state index in [0.717, 1.165) is 29.2 Å². The van der Waals surface area contributed by atoms with E-state index in [9.17, 15) is 0 Å². The van der Waals surface area contributed by atoms with Crippen molar-refractivity contribution in [1.82, 2.24) is 0 Å². The third kappa shape index (κ3) is 5.78. The van der Waals surface area contributed by atoms with Gasteiger partial charge in [0.05, 0.1) is 12.7 Å². The van der Waals surface area contributed by atoms with E-state index in [0.29, 0.717) is 19.8 Å². The Labute approximate surface area is 144 Å². The van der Waals surface area contributed by atoms with Crippen molar-refractivity contribution in [2.45, 2.75) is 32.9 Å². The molecule has 0 amide bonds. The van der Waals surface area contributed by atoms with Crippen LogP contribution in [-0.2, 0) is 11.3 Å². The number of ether oxygens (including phenoxy) is 3. The Balaban J connectivity index is 1.97. The maximum atomic E-state index is 5.87. The van der Waals surface area contributed by atoms with E-state index in [-0.39, 0.29) is 6.10 Å². The second-order valence-electron chi connectivity index (χ2n) is 5.67. The molecule has 1 unspecified atom stereocenters. The molecule has 1 atom stereocenters. The van der Waals surface area contributed by atoms with Gasteiger partial charge in [-0.2, -0.15) is 0 Å². The van der Waals surface area contributed by atoms with Crippen molar-refractivity contribution in [3.63, 3.8) is 0 Å². The fraction of sp³-hybridized carbons (Fsp3) is 0.400. The van der Waals surface area contributed by atoms with Crippen molar-refractivity contribution in [2.75, 3.05) is 25.6 Å². The molecule has 4 nitrogen and oxygen atoms in total. The number of nitrogens with one attached hydrogen (secondary N) is 1. The minimum absolute atomic E-state index is 0.218. The van der Waals surface area contributed by atoms with Crippen LogP contribution >= 0.6 is 0 Å². The van der Waals surface area contributed by atoms with Crippen molar-refractivity contribution < 1.29 is 14.2 Å². The zero-order chi connectivity index (χ0) is 17.2.